The molecule has 4 rings (SSSR count). The first-order valence-corrected chi connectivity index (χ1v) is 14.2. The predicted octanol–water partition coefficient (Wildman–Crippen LogP) is 7.78. The van der Waals surface area contributed by atoms with Crippen LogP contribution in [-0.2, 0) is 0 Å². The predicted molar refractivity (Wildman–Crippen MR) is 153 cm³/mol. The standard InChI is InChI=1S/C28H33F4N7S/c1-7-15(2)24(22-10-11-39(37-22)28(31)32)25(18-8-9-18)27(34-23-12-16(3)35-36-23)33-17(4)38(5)26-20(29)13-19(40-6)14-21(26)30/h10-14,18,28H,7-9H2,1-6H3,(H2,34,35,36)/b24-15+,27-25+,33-17+. The zero-order valence-corrected chi connectivity index (χ0v) is 24.1. The summed E-state index contributed by atoms with van der Waals surface area (Å²) in [5.74, 6) is -0.0936. The van der Waals surface area contributed by atoms with Crippen molar-refractivity contribution < 1.29 is 17.6 Å². The van der Waals surface area contributed by atoms with Gasteiger partial charge in [0.1, 0.15) is 17.3 Å². The summed E-state index contributed by atoms with van der Waals surface area (Å²) >= 11 is 1.25. The molecule has 1 aromatic carbocycles. The third-order valence-electron chi connectivity index (χ3n) is 6.80. The topological polar surface area (TPSA) is 74.1 Å². The molecule has 0 amide bonds. The minimum atomic E-state index is -2.77. The molecule has 2 aromatic heterocycles. The minimum Gasteiger partial charge on any atom is -0.328 e. The van der Waals surface area contributed by atoms with E-state index in [1.807, 2.05) is 20.8 Å². The zero-order valence-electron chi connectivity index (χ0n) is 23.3. The number of nitrogens with one attached hydrogen (secondary N) is 2. The number of aromatic amines is 1. The zero-order chi connectivity index (χ0) is 29.1. The van der Waals surface area contributed by atoms with E-state index in [0.29, 0.717) is 39.2 Å². The van der Waals surface area contributed by atoms with Gasteiger partial charge in [-0.3, -0.25) is 5.10 Å². The second-order valence-corrected chi connectivity index (χ2v) is 10.6. The maximum atomic E-state index is 15.0. The molecule has 7 nitrogen and oxygen atoms in total. The van der Waals surface area contributed by atoms with Gasteiger partial charge in [0.25, 0.3) is 0 Å². The van der Waals surface area contributed by atoms with Crippen LogP contribution in [0.2, 0.25) is 0 Å². The SMILES string of the molecule is CC/C(C)=C(/C(=C(\N=C(/C)N(C)c1c(F)cc(SC)cc1F)Nc1cc(C)[nH]n1)C1CC1)c1ccn(C(F)F)n1. The lowest BCUT2D eigenvalue weighted by molar-refractivity contribution is 0.0565. The number of anilines is 2. The van der Waals surface area contributed by atoms with E-state index < -0.39 is 18.2 Å². The Balaban J connectivity index is 1.91. The van der Waals surface area contributed by atoms with E-state index in [0.717, 1.165) is 35.3 Å². The largest absolute Gasteiger partial charge is 0.333 e. The van der Waals surface area contributed by atoms with Crippen LogP contribution >= 0.6 is 11.8 Å². The fourth-order valence-electron chi connectivity index (χ4n) is 4.37. The summed E-state index contributed by atoms with van der Waals surface area (Å²) in [6.45, 7) is 4.67. The summed E-state index contributed by atoms with van der Waals surface area (Å²) in [5.41, 5.74) is 3.47. The average Bonchev–Trinajstić information content (AvgIpc) is 3.47. The highest BCUT2D eigenvalue weighted by atomic mass is 32.2. The van der Waals surface area contributed by atoms with Gasteiger partial charge in [-0.1, -0.05) is 12.5 Å². The van der Waals surface area contributed by atoms with Crippen LogP contribution in [0, 0.1) is 24.5 Å². The van der Waals surface area contributed by atoms with Gasteiger partial charge in [0.15, 0.2) is 17.5 Å². The Morgan fingerprint density at radius 3 is 2.40 bits per heavy atom. The molecule has 1 aliphatic carbocycles. The number of allylic oxidation sites excluding steroid dienone is 3. The van der Waals surface area contributed by atoms with Crippen molar-refractivity contribution in [2.45, 2.75) is 58.4 Å². The molecule has 0 spiro atoms. The number of thioether (sulfide) groups is 1. The Morgan fingerprint density at radius 2 is 1.90 bits per heavy atom. The molecule has 0 bridgehead atoms. The Morgan fingerprint density at radius 1 is 1.23 bits per heavy atom. The maximum absolute atomic E-state index is 15.0. The first kappa shape index (κ1) is 29.4. The van der Waals surface area contributed by atoms with Crippen LogP contribution in [0.25, 0.3) is 5.57 Å². The smallest absolute Gasteiger partial charge is 0.328 e. The summed E-state index contributed by atoms with van der Waals surface area (Å²) in [5, 5.41) is 14.6. The number of halogens is 4. The van der Waals surface area contributed by atoms with Gasteiger partial charge in [0.05, 0.1) is 5.69 Å². The molecule has 2 heterocycles. The number of alkyl halides is 2. The van der Waals surface area contributed by atoms with E-state index in [9.17, 15) is 17.6 Å². The quantitative estimate of drug-likeness (QED) is 0.0849. The normalized spacial score (nSPS) is 15.3. The molecule has 0 aliphatic heterocycles. The van der Waals surface area contributed by atoms with Gasteiger partial charge in [-0.2, -0.15) is 19.0 Å². The lowest BCUT2D eigenvalue weighted by atomic mass is 9.92. The van der Waals surface area contributed by atoms with Gasteiger partial charge in [-0.25, -0.2) is 18.5 Å². The number of H-pyrrole nitrogens is 1. The number of hydrogen-bond acceptors (Lipinski definition) is 5. The van der Waals surface area contributed by atoms with Crippen LogP contribution in [0.4, 0.5) is 29.1 Å². The van der Waals surface area contributed by atoms with E-state index in [1.54, 1.807) is 32.4 Å². The average molecular weight is 576 g/mol. The minimum absolute atomic E-state index is 0.0897. The third-order valence-corrected chi connectivity index (χ3v) is 7.51. The molecule has 1 fully saturated rings. The van der Waals surface area contributed by atoms with E-state index in [4.69, 9.17) is 4.99 Å². The molecule has 0 radical (unpaired) electrons. The van der Waals surface area contributed by atoms with E-state index >= 15 is 0 Å². The van der Waals surface area contributed by atoms with Crippen molar-refractivity contribution in [2.24, 2.45) is 10.9 Å². The van der Waals surface area contributed by atoms with Crippen molar-refractivity contribution in [1.29, 1.82) is 0 Å². The number of benzene rings is 1. The molecule has 0 atom stereocenters. The van der Waals surface area contributed by atoms with Crippen molar-refractivity contribution >= 4 is 34.7 Å². The number of rotatable bonds is 10. The fourth-order valence-corrected chi connectivity index (χ4v) is 4.81. The number of aromatic nitrogens is 4. The second-order valence-electron chi connectivity index (χ2n) is 9.72. The van der Waals surface area contributed by atoms with Crippen LogP contribution < -0.4 is 10.2 Å². The summed E-state index contributed by atoms with van der Waals surface area (Å²) in [7, 11) is 1.55. The highest BCUT2D eigenvalue weighted by molar-refractivity contribution is 7.98. The van der Waals surface area contributed by atoms with Crippen molar-refractivity contribution in [1.82, 2.24) is 20.0 Å². The third kappa shape index (κ3) is 6.43. The lowest BCUT2D eigenvalue weighted by Crippen LogP contribution is -2.26. The Bertz CT molecular complexity index is 1440. The molecule has 1 saturated carbocycles. The summed E-state index contributed by atoms with van der Waals surface area (Å²) in [6.07, 6.45) is 5.41. The van der Waals surface area contributed by atoms with Crippen molar-refractivity contribution in [3.05, 3.63) is 70.5 Å². The van der Waals surface area contributed by atoms with E-state index in [2.05, 4.69) is 20.6 Å². The molecule has 12 heteroatoms. The molecule has 2 N–H and O–H groups in total. The first-order valence-electron chi connectivity index (χ1n) is 12.9. The number of aryl methyl sites for hydroxylation is 1. The van der Waals surface area contributed by atoms with Crippen LogP contribution in [0.15, 0.2) is 57.3 Å². The summed E-state index contributed by atoms with van der Waals surface area (Å²) in [6, 6.07) is 5.95. The molecule has 3 aromatic rings. The number of nitrogens with zero attached hydrogens (tertiary/aromatic N) is 5. The van der Waals surface area contributed by atoms with Crippen molar-refractivity contribution in [3.8, 4) is 0 Å². The van der Waals surface area contributed by atoms with Crippen LogP contribution in [0.1, 0.15) is 58.0 Å². The van der Waals surface area contributed by atoms with Gasteiger partial charge in [0.2, 0.25) is 0 Å². The summed E-state index contributed by atoms with van der Waals surface area (Å²) in [4.78, 5) is 6.68. The number of aliphatic imine (C=N–C) groups is 1. The Kier molecular flexibility index (Phi) is 9.07. The van der Waals surface area contributed by atoms with Crippen molar-refractivity contribution in [2.75, 3.05) is 23.5 Å². The molecular formula is C28H33F4N7S. The Hall–Kier alpha value is -3.54. The van der Waals surface area contributed by atoms with Gasteiger partial charge in [-0.05, 0) is 70.4 Å². The van der Waals surface area contributed by atoms with Crippen LogP contribution in [0.3, 0.4) is 0 Å². The molecule has 0 unspecified atom stereocenters. The first-order chi connectivity index (χ1) is 19.0. The molecule has 214 valence electrons. The number of amidine groups is 1. The second kappa shape index (κ2) is 12.3. The fraction of sp³-hybridized carbons (Fsp3) is 0.393. The lowest BCUT2D eigenvalue weighted by Gasteiger charge is -2.23. The van der Waals surface area contributed by atoms with Gasteiger partial charge in [-0.15, -0.1) is 11.8 Å². The molecular weight excluding hydrogens is 542 g/mol. The van der Waals surface area contributed by atoms with E-state index in [1.165, 1.54) is 35.0 Å². The highest BCUT2D eigenvalue weighted by Crippen LogP contribution is 2.46. The van der Waals surface area contributed by atoms with Gasteiger partial charge in [0, 0.05) is 41.0 Å². The summed E-state index contributed by atoms with van der Waals surface area (Å²) < 4.78 is 57.5. The molecule has 1 aliphatic rings. The van der Waals surface area contributed by atoms with Gasteiger partial charge >= 0.3 is 6.55 Å². The van der Waals surface area contributed by atoms with Crippen LogP contribution in [-0.4, -0.2) is 39.1 Å². The Labute approximate surface area is 235 Å². The monoisotopic (exact) mass is 575 g/mol. The highest BCUT2D eigenvalue weighted by Gasteiger charge is 2.34. The molecule has 40 heavy (non-hydrogen) atoms. The van der Waals surface area contributed by atoms with E-state index in [-0.39, 0.29) is 11.6 Å². The number of hydrogen-bond donors (Lipinski definition) is 2. The molecule has 0 saturated heterocycles. The van der Waals surface area contributed by atoms with Crippen LogP contribution in [0.5, 0.6) is 0 Å². The van der Waals surface area contributed by atoms with Gasteiger partial charge < -0.3 is 10.2 Å². The van der Waals surface area contributed by atoms with Crippen molar-refractivity contribution in [3.63, 3.8) is 0 Å². The maximum Gasteiger partial charge on any atom is 0.333 e.